The van der Waals surface area contributed by atoms with Gasteiger partial charge < -0.3 is 14.6 Å². The Morgan fingerprint density at radius 2 is 1.86 bits per heavy atom. The molecule has 3 aromatic rings. The lowest BCUT2D eigenvalue weighted by molar-refractivity contribution is -0.347. The molecule has 1 N–H and O–H groups in total. The maximum Gasteiger partial charge on any atom is 0.287 e. The summed E-state index contributed by atoms with van der Waals surface area (Å²) >= 11 is 0. The molecule has 0 spiro atoms. The van der Waals surface area contributed by atoms with E-state index in [9.17, 15) is 13.9 Å². The lowest BCUT2D eigenvalue weighted by Crippen LogP contribution is -2.76. The summed E-state index contributed by atoms with van der Waals surface area (Å²) in [6, 6.07) is 9.64. The van der Waals surface area contributed by atoms with E-state index in [1.807, 2.05) is 24.3 Å². The molecule has 4 fully saturated rings. The minimum Gasteiger partial charge on any atom is -0.491 e. The van der Waals surface area contributed by atoms with E-state index in [4.69, 9.17) is 9.47 Å². The predicted octanol–water partition coefficient (Wildman–Crippen LogP) is 4.15. The van der Waals surface area contributed by atoms with Crippen LogP contribution in [-0.4, -0.2) is 50.6 Å². The molecule has 11 heteroatoms. The standard InChI is InChI=1S/C26H26F4N4O3/c27-18-5-8-21(22(28)10-18)25(35,15-34-16-31-32-33-34)26(29,30)24-12-23(13-24,14-24)17-3-6-19(7-4-17)37-11-20-2-1-9-36-20/h3-8,10,16,20,35H,1-2,9,11-15H2/t20-,23?,24?,25-/m1/s1. The summed E-state index contributed by atoms with van der Waals surface area (Å²) in [5.41, 5.74) is -4.74. The molecule has 196 valence electrons. The van der Waals surface area contributed by atoms with Crippen LogP contribution >= 0.6 is 0 Å². The van der Waals surface area contributed by atoms with Gasteiger partial charge in [-0.25, -0.2) is 22.2 Å². The van der Waals surface area contributed by atoms with Crippen LogP contribution in [0, 0.1) is 17.0 Å². The van der Waals surface area contributed by atoms with Gasteiger partial charge in [-0.15, -0.1) is 5.10 Å². The van der Waals surface area contributed by atoms with E-state index in [-0.39, 0.29) is 25.4 Å². The molecule has 7 rings (SSSR count). The average Bonchev–Trinajstić information content (AvgIpc) is 3.50. The molecule has 2 bridgehead atoms. The van der Waals surface area contributed by atoms with E-state index in [0.717, 1.165) is 48.2 Å². The Bertz CT molecular complexity index is 1260. The van der Waals surface area contributed by atoms with Crippen molar-refractivity contribution in [1.29, 1.82) is 0 Å². The molecule has 1 aromatic heterocycles. The lowest BCUT2D eigenvalue weighted by atomic mass is 9.30. The van der Waals surface area contributed by atoms with Crippen molar-refractivity contribution in [2.75, 3.05) is 13.2 Å². The number of aliphatic hydroxyl groups is 1. The molecule has 3 aliphatic carbocycles. The quantitative estimate of drug-likeness (QED) is 0.429. The molecule has 2 atom stereocenters. The van der Waals surface area contributed by atoms with Crippen molar-refractivity contribution < 1.29 is 32.1 Å². The van der Waals surface area contributed by atoms with Gasteiger partial charge in [0.25, 0.3) is 5.92 Å². The first-order valence-electron chi connectivity index (χ1n) is 12.3. The Morgan fingerprint density at radius 1 is 1.11 bits per heavy atom. The summed E-state index contributed by atoms with van der Waals surface area (Å²) < 4.78 is 73.1. The number of ether oxygens (including phenoxy) is 2. The number of hydrogen-bond acceptors (Lipinski definition) is 6. The predicted molar refractivity (Wildman–Crippen MR) is 122 cm³/mol. The van der Waals surface area contributed by atoms with Gasteiger partial charge in [-0.05, 0) is 77.8 Å². The molecule has 2 heterocycles. The maximum atomic E-state index is 16.3. The summed E-state index contributed by atoms with van der Waals surface area (Å²) in [4.78, 5) is 0. The van der Waals surface area contributed by atoms with Crippen molar-refractivity contribution in [2.45, 2.75) is 61.7 Å². The number of benzene rings is 2. The lowest BCUT2D eigenvalue weighted by Gasteiger charge is -2.74. The third-order valence-electron chi connectivity index (χ3n) is 8.30. The molecule has 37 heavy (non-hydrogen) atoms. The zero-order valence-corrected chi connectivity index (χ0v) is 19.9. The molecule has 0 radical (unpaired) electrons. The first kappa shape index (κ1) is 24.3. The van der Waals surface area contributed by atoms with Crippen molar-refractivity contribution in [3.05, 3.63) is 71.6 Å². The van der Waals surface area contributed by atoms with Gasteiger partial charge in [-0.3, -0.25) is 0 Å². The van der Waals surface area contributed by atoms with Crippen LogP contribution < -0.4 is 4.74 Å². The highest BCUT2D eigenvalue weighted by Gasteiger charge is 2.82. The largest absolute Gasteiger partial charge is 0.491 e. The zero-order chi connectivity index (χ0) is 25.9. The van der Waals surface area contributed by atoms with Gasteiger partial charge in [0.05, 0.1) is 12.6 Å². The minimum atomic E-state index is -3.75. The van der Waals surface area contributed by atoms with Crippen molar-refractivity contribution >= 4 is 0 Å². The Labute approximate surface area is 210 Å². The number of rotatable bonds is 9. The number of hydrogen-bond donors (Lipinski definition) is 1. The Hall–Kier alpha value is -3.05. The molecule has 0 amide bonds. The topological polar surface area (TPSA) is 82.3 Å². The summed E-state index contributed by atoms with van der Waals surface area (Å²) in [5.74, 6) is -5.25. The van der Waals surface area contributed by atoms with E-state index in [2.05, 4.69) is 15.5 Å². The maximum absolute atomic E-state index is 16.3. The molecular formula is C26H26F4N4O3. The van der Waals surface area contributed by atoms with Gasteiger partial charge in [-0.1, -0.05) is 12.1 Å². The molecule has 3 saturated carbocycles. The second-order valence-corrected chi connectivity index (χ2v) is 10.6. The van der Waals surface area contributed by atoms with Crippen LogP contribution in [0.4, 0.5) is 17.6 Å². The monoisotopic (exact) mass is 518 g/mol. The third-order valence-corrected chi connectivity index (χ3v) is 8.30. The Kier molecular flexibility index (Phi) is 5.57. The highest BCUT2D eigenvalue weighted by Crippen LogP contribution is 2.80. The molecule has 4 aliphatic rings. The highest BCUT2D eigenvalue weighted by atomic mass is 19.3. The first-order chi connectivity index (χ1) is 17.7. The van der Waals surface area contributed by atoms with E-state index in [1.54, 1.807) is 0 Å². The highest BCUT2D eigenvalue weighted by molar-refractivity contribution is 5.44. The fraction of sp³-hybridized carbons (Fsp3) is 0.500. The van der Waals surface area contributed by atoms with Crippen LogP contribution in [0.15, 0.2) is 48.8 Å². The zero-order valence-electron chi connectivity index (χ0n) is 19.9. The number of tetrazole rings is 1. The summed E-state index contributed by atoms with van der Waals surface area (Å²) in [5, 5.41) is 21.9. The normalized spacial score (nSPS) is 28.3. The van der Waals surface area contributed by atoms with Crippen LogP contribution in [0.1, 0.15) is 43.2 Å². The molecule has 1 aliphatic heterocycles. The van der Waals surface area contributed by atoms with E-state index in [0.29, 0.717) is 18.4 Å². The SMILES string of the molecule is O[C@](Cn1cnnn1)(c1ccc(F)cc1F)C(F)(F)C12CC(c3ccc(OC[C@H]4CCCO4)cc3)(C1)C2. The molecular weight excluding hydrogens is 492 g/mol. The van der Waals surface area contributed by atoms with Crippen LogP contribution in [0.5, 0.6) is 5.75 Å². The third kappa shape index (κ3) is 3.73. The van der Waals surface area contributed by atoms with Crippen molar-refractivity contribution in [2.24, 2.45) is 5.41 Å². The number of aromatic nitrogens is 4. The van der Waals surface area contributed by atoms with Gasteiger partial charge in [0.2, 0.25) is 0 Å². The Morgan fingerprint density at radius 3 is 2.49 bits per heavy atom. The second-order valence-electron chi connectivity index (χ2n) is 10.6. The smallest absolute Gasteiger partial charge is 0.287 e. The van der Waals surface area contributed by atoms with Gasteiger partial charge in [0.1, 0.15) is 30.3 Å². The van der Waals surface area contributed by atoms with Crippen LogP contribution in [0.25, 0.3) is 0 Å². The summed E-state index contributed by atoms with van der Waals surface area (Å²) in [7, 11) is 0. The molecule has 0 unspecified atom stereocenters. The molecule has 2 aromatic carbocycles. The number of nitrogens with zero attached hydrogens (tertiary/aromatic N) is 4. The van der Waals surface area contributed by atoms with Gasteiger partial charge in [0.15, 0.2) is 5.60 Å². The van der Waals surface area contributed by atoms with Crippen LogP contribution in [0.2, 0.25) is 0 Å². The van der Waals surface area contributed by atoms with Crippen LogP contribution in [0.3, 0.4) is 0 Å². The average molecular weight is 519 g/mol. The van der Waals surface area contributed by atoms with E-state index >= 15 is 8.78 Å². The fourth-order valence-electron chi connectivity index (χ4n) is 6.40. The van der Waals surface area contributed by atoms with Gasteiger partial charge in [0, 0.05) is 23.7 Å². The van der Waals surface area contributed by atoms with E-state index in [1.165, 1.54) is 0 Å². The van der Waals surface area contributed by atoms with Crippen molar-refractivity contribution in [3.63, 3.8) is 0 Å². The fourth-order valence-corrected chi connectivity index (χ4v) is 6.40. The first-order valence-corrected chi connectivity index (χ1v) is 12.3. The minimum absolute atomic E-state index is 0.0948. The second kappa shape index (κ2) is 8.49. The Balaban J connectivity index is 1.21. The number of alkyl halides is 2. The molecule has 7 nitrogen and oxygen atoms in total. The van der Waals surface area contributed by atoms with Crippen molar-refractivity contribution in [3.8, 4) is 5.75 Å². The van der Waals surface area contributed by atoms with Crippen molar-refractivity contribution in [1.82, 2.24) is 20.2 Å². The molecule has 1 saturated heterocycles. The summed E-state index contributed by atoms with van der Waals surface area (Å²) in [6.07, 6.45) is 3.54. The summed E-state index contributed by atoms with van der Waals surface area (Å²) in [6.45, 7) is 0.432. The van der Waals surface area contributed by atoms with Crippen LogP contribution in [-0.2, 0) is 22.3 Å². The van der Waals surface area contributed by atoms with Gasteiger partial charge in [-0.2, -0.15) is 0 Å². The van der Waals surface area contributed by atoms with Gasteiger partial charge >= 0.3 is 0 Å². The number of halogens is 4. The van der Waals surface area contributed by atoms with E-state index < -0.39 is 46.1 Å².